The van der Waals surface area contributed by atoms with Gasteiger partial charge in [0.15, 0.2) is 0 Å². The fourth-order valence-corrected chi connectivity index (χ4v) is 5.34. The summed E-state index contributed by atoms with van der Waals surface area (Å²) in [4.78, 5) is 35.1. The highest BCUT2D eigenvalue weighted by atomic mass is 16.2. The Hall–Kier alpha value is -4.71. The molecule has 1 unspecified atom stereocenters. The molecule has 0 spiro atoms. The number of aromatic nitrogens is 2. The molecule has 1 heterocycles. The molecular weight excluding hydrogens is 508 g/mol. The van der Waals surface area contributed by atoms with E-state index < -0.39 is 6.04 Å². The van der Waals surface area contributed by atoms with E-state index in [2.05, 4.69) is 12.2 Å². The average molecular weight is 545 g/mol. The van der Waals surface area contributed by atoms with E-state index >= 15 is 0 Å². The number of hydrogen-bond acceptors (Lipinski definition) is 3. The van der Waals surface area contributed by atoms with Gasteiger partial charge < -0.3 is 10.2 Å². The number of carbonyl (C=O) groups excluding carboxylic acids is 1. The van der Waals surface area contributed by atoms with Gasteiger partial charge >= 0.3 is 6.03 Å². The Morgan fingerprint density at radius 1 is 0.829 bits per heavy atom. The first-order valence-electron chi connectivity index (χ1n) is 14.2. The SMILES string of the molecule is CCc1ccc(-n2c(C(CC)N(Cc3ccccc3)C(=O)Nc3c(C)cccc3C)nc3ccccc3c2=O)cc1. The number of hydrogen-bond donors (Lipinski definition) is 1. The van der Waals surface area contributed by atoms with Crippen molar-refractivity contribution in [3.05, 3.63) is 135 Å². The van der Waals surface area contributed by atoms with Crippen molar-refractivity contribution in [2.45, 2.75) is 53.1 Å². The molecule has 0 aliphatic heterocycles. The number of aryl methyl sites for hydroxylation is 3. The summed E-state index contributed by atoms with van der Waals surface area (Å²) in [6, 6.07) is 30.6. The topological polar surface area (TPSA) is 67.2 Å². The molecule has 1 N–H and O–H groups in total. The lowest BCUT2D eigenvalue weighted by Crippen LogP contribution is -2.40. The first kappa shape index (κ1) is 27.8. The van der Waals surface area contributed by atoms with Gasteiger partial charge in [0, 0.05) is 12.2 Å². The van der Waals surface area contributed by atoms with Crippen LogP contribution >= 0.6 is 0 Å². The van der Waals surface area contributed by atoms with Crippen LogP contribution in [0.1, 0.15) is 54.4 Å². The van der Waals surface area contributed by atoms with Gasteiger partial charge in [-0.3, -0.25) is 9.36 Å². The smallest absolute Gasteiger partial charge is 0.310 e. The van der Waals surface area contributed by atoms with E-state index in [1.54, 1.807) is 9.47 Å². The number of para-hydroxylation sites is 2. The zero-order valence-corrected chi connectivity index (χ0v) is 24.1. The first-order valence-corrected chi connectivity index (χ1v) is 14.2. The fourth-order valence-electron chi connectivity index (χ4n) is 5.34. The number of amides is 2. The van der Waals surface area contributed by atoms with Crippen molar-refractivity contribution >= 4 is 22.6 Å². The fraction of sp³-hybridized carbons (Fsp3) is 0.229. The normalized spacial score (nSPS) is 11.8. The molecule has 41 heavy (non-hydrogen) atoms. The number of anilines is 1. The van der Waals surface area contributed by atoms with Gasteiger partial charge in [-0.2, -0.15) is 0 Å². The Kier molecular flexibility index (Phi) is 8.29. The van der Waals surface area contributed by atoms with E-state index in [-0.39, 0.29) is 11.6 Å². The van der Waals surface area contributed by atoms with E-state index in [9.17, 15) is 9.59 Å². The van der Waals surface area contributed by atoms with E-state index in [0.717, 1.165) is 34.5 Å². The molecule has 6 heteroatoms. The summed E-state index contributed by atoms with van der Waals surface area (Å²) >= 11 is 0. The molecule has 6 nitrogen and oxygen atoms in total. The molecule has 1 aromatic heterocycles. The van der Waals surface area contributed by atoms with Crippen molar-refractivity contribution in [2.24, 2.45) is 0 Å². The van der Waals surface area contributed by atoms with Crippen LogP contribution in [0.5, 0.6) is 0 Å². The number of carbonyl (C=O) groups is 1. The van der Waals surface area contributed by atoms with Gasteiger partial charge in [-0.05, 0) is 73.2 Å². The molecule has 208 valence electrons. The molecule has 5 aromatic rings. The zero-order valence-electron chi connectivity index (χ0n) is 24.1. The minimum absolute atomic E-state index is 0.150. The maximum Gasteiger partial charge on any atom is 0.322 e. The highest BCUT2D eigenvalue weighted by Crippen LogP contribution is 2.29. The third-order valence-corrected chi connectivity index (χ3v) is 7.64. The van der Waals surface area contributed by atoms with Gasteiger partial charge in [-0.25, -0.2) is 9.78 Å². The van der Waals surface area contributed by atoms with Crippen molar-refractivity contribution in [3.8, 4) is 5.69 Å². The maximum atomic E-state index is 14.2. The minimum Gasteiger partial charge on any atom is -0.310 e. The Morgan fingerprint density at radius 3 is 2.15 bits per heavy atom. The summed E-state index contributed by atoms with van der Waals surface area (Å²) in [5.74, 6) is 0.535. The predicted octanol–water partition coefficient (Wildman–Crippen LogP) is 7.75. The Morgan fingerprint density at radius 2 is 1.49 bits per heavy atom. The molecule has 0 saturated heterocycles. The lowest BCUT2D eigenvalue weighted by molar-refractivity contribution is 0.177. The lowest BCUT2D eigenvalue weighted by atomic mass is 10.1. The van der Waals surface area contributed by atoms with Gasteiger partial charge in [-0.15, -0.1) is 0 Å². The van der Waals surface area contributed by atoms with Crippen molar-refractivity contribution in [1.29, 1.82) is 0 Å². The summed E-state index contributed by atoms with van der Waals surface area (Å²) in [6.07, 6.45) is 1.46. The Bertz CT molecular complexity index is 1710. The number of nitrogens with one attached hydrogen (secondary N) is 1. The largest absolute Gasteiger partial charge is 0.322 e. The molecule has 0 aliphatic rings. The summed E-state index contributed by atoms with van der Waals surface area (Å²) in [7, 11) is 0. The van der Waals surface area contributed by atoms with Gasteiger partial charge in [0.2, 0.25) is 0 Å². The number of fused-ring (bicyclic) bond motifs is 1. The predicted molar refractivity (Wildman–Crippen MR) is 167 cm³/mol. The Labute approximate surface area is 241 Å². The summed E-state index contributed by atoms with van der Waals surface area (Å²) in [5.41, 5.74) is 6.14. The summed E-state index contributed by atoms with van der Waals surface area (Å²) in [5, 5.41) is 3.72. The highest BCUT2D eigenvalue weighted by molar-refractivity contribution is 5.91. The van der Waals surface area contributed by atoms with Crippen LogP contribution in [0.15, 0.2) is 102 Å². The molecule has 5 rings (SSSR count). The summed E-state index contributed by atoms with van der Waals surface area (Å²) < 4.78 is 1.68. The summed E-state index contributed by atoms with van der Waals surface area (Å²) in [6.45, 7) is 8.47. The van der Waals surface area contributed by atoms with Crippen LogP contribution in [0, 0.1) is 13.8 Å². The molecule has 4 aromatic carbocycles. The third-order valence-electron chi connectivity index (χ3n) is 7.64. The van der Waals surface area contributed by atoms with Gasteiger partial charge in [-0.1, -0.05) is 86.6 Å². The highest BCUT2D eigenvalue weighted by Gasteiger charge is 2.30. The van der Waals surface area contributed by atoms with Gasteiger partial charge in [0.1, 0.15) is 5.82 Å². The second-order valence-corrected chi connectivity index (χ2v) is 10.4. The monoisotopic (exact) mass is 544 g/mol. The maximum absolute atomic E-state index is 14.2. The van der Waals surface area contributed by atoms with Crippen molar-refractivity contribution in [3.63, 3.8) is 0 Å². The molecule has 1 atom stereocenters. The third kappa shape index (κ3) is 5.78. The molecule has 0 aliphatic carbocycles. The van der Waals surface area contributed by atoms with Crippen LogP contribution in [0.3, 0.4) is 0 Å². The molecule has 0 fully saturated rings. The minimum atomic E-state index is -0.484. The van der Waals surface area contributed by atoms with Crippen LogP contribution in [-0.2, 0) is 13.0 Å². The number of rotatable bonds is 8. The second-order valence-electron chi connectivity index (χ2n) is 10.4. The van der Waals surface area contributed by atoms with Crippen LogP contribution < -0.4 is 10.9 Å². The van der Waals surface area contributed by atoms with Crippen LogP contribution in [0.25, 0.3) is 16.6 Å². The van der Waals surface area contributed by atoms with Crippen molar-refractivity contribution < 1.29 is 4.79 Å². The van der Waals surface area contributed by atoms with Crippen LogP contribution in [0.2, 0.25) is 0 Å². The molecule has 0 bridgehead atoms. The number of nitrogens with zero attached hydrogens (tertiary/aromatic N) is 3. The second kappa shape index (κ2) is 12.2. The van der Waals surface area contributed by atoms with E-state index in [1.165, 1.54) is 5.56 Å². The molecule has 0 radical (unpaired) electrons. The first-order chi connectivity index (χ1) is 19.9. The van der Waals surface area contributed by atoms with E-state index in [4.69, 9.17) is 4.98 Å². The molecule has 2 amide bonds. The van der Waals surface area contributed by atoms with E-state index in [0.29, 0.717) is 29.7 Å². The van der Waals surface area contributed by atoms with Crippen LogP contribution in [0.4, 0.5) is 10.5 Å². The zero-order chi connectivity index (χ0) is 28.9. The van der Waals surface area contributed by atoms with Crippen molar-refractivity contribution in [1.82, 2.24) is 14.5 Å². The van der Waals surface area contributed by atoms with Crippen molar-refractivity contribution in [2.75, 3.05) is 5.32 Å². The standard InChI is InChI=1S/C35H36N4O2/c1-5-26-19-21-28(22-20-26)39-33(36-30-18-11-10-17-29(30)34(39)40)31(6-2)38(23-27-15-8-7-9-16-27)35(41)37-32-24(3)13-12-14-25(32)4/h7-22,31H,5-6,23H2,1-4H3,(H,37,41). The lowest BCUT2D eigenvalue weighted by Gasteiger charge is -2.33. The number of benzene rings is 4. The molecular formula is C35H36N4O2. The van der Waals surface area contributed by atoms with Crippen LogP contribution in [-0.4, -0.2) is 20.5 Å². The van der Waals surface area contributed by atoms with Gasteiger partial charge in [0.05, 0.1) is 22.6 Å². The van der Waals surface area contributed by atoms with E-state index in [1.807, 2.05) is 118 Å². The average Bonchev–Trinajstić information content (AvgIpc) is 2.99. The quantitative estimate of drug-likeness (QED) is 0.217. The Balaban J connectivity index is 1.69. The van der Waals surface area contributed by atoms with Gasteiger partial charge in [0.25, 0.3) is 5.56 Å². The molecule has 0 saturated carbocycles. The number of urea groups is 1.